The van der Waals surface area contributed by atoms with Crippen LogP contribution in [0.25, 0.3) is 0 Å². The Morgan fingerprint density at radius 2 is 2.12 bits per heavy atom. The number of likely N-dealkylation sites (tertiary alicyclic amines) is 1. The van der Waals surface area contributed by atoms with Crippen LogP contribution in [0.3, 0.4) is 0 Å². The highest BCUT2D eigenvalue weighted by Crippen LogP contribution is 2.28. The molecule has 0 radical (unpaired) electrons. The van der Waals surface area contributed by atoms with E-state index in [0.29, 0.717) is 18.5 Å². The quantitative estimate of drug-likeness (QED) is 0.798. The highest BCUT2D eigenvalue weighted by Gasteiger charge is 2.34. The second kappa shape index (κ2) is 5.67. The van der Waals surface area contributed by atoms with E-state index < -0.39 is 0 Å². The molecular formula is C13H26N2O. The summed E-state index contributed by atoms with van der Waals surface area (Å²) in [4.78, 5) is 14.5. The molecule has 2 N–H and O–H groups in total. The van der Waals surface area contributed by atoms with Gasteiger partial charge in [0.25, 0.3) is 0 Å². The number of carbonyl (C=O) groups is 1. The van der Waals surface area contributed by atoms with Crippen LogP contribution in [0.4, 0.5) is 0 Å². The number of nitrogens with two attached hydrogens (primary N) is 1. The number of carbonyl (C=O) groups excluding carboxylic acids is 1. The van der Waals surface area contributed by atoms with Crippen molar-refractivity contribution < 1.29 is 4.79 Å². The standard InChI is InChI=1S/C13H26N2O/c1-4-13(2,3)12(16)15-10-6-5-7-11(15)8-9-14/h11H,4-10,14H2,1-3H3. The van der Waals surface area contributed by atoms with Crippen molar-refractivity contribution in [1.29, 1.82) is 0 Å². The van der Waals surface area contributed by atoms with Crippen LogP contribution in [0.2, 0.25) is 0 Å². The van der Waals surface area contributed by atoms with Gasteiger partial charge < -0.3 is 10.6 Å². The molecule has 1 unspecified atom stereocenters. The third kappa shape index (κ3) is 2.97. The van der Waals surface area contributed by atoms with Crippen molar-refractivity contribution in [2.75, 3.05) is 13.1 Å². The van der Waals surface area contributed by atoms with Crippen molar-refractivity contribution in [2.24, 2.45) is 11.1 Å². The average molecular weight is 226 g/mol. The molecule has 1 heterocycles. The Bertz CT molecular complexity index is 236. The maximum Gasteiger partial charge on any atom is 0.228 e. The molecule has 1 atom stereocenters. The van der Waals surface area contributed by atoms with E-state index in [1.165, 1.54) is 6.42 Å². The molecule has 3 heteroatoms. The fourth-order valence-corrected chi connectivity index (χ4v) is 2.30. The van der Waals surface area contributed by atoms with E-state index in [1.54, 1.807) is 0 Å². The van der Waals surface area contributed by atoms with Gasteiger partial charge in [-0.15, -0.1) is 0 Å². The summed E-state index contributed by atoms with van der Waals surface area (Å²) < 4.78 is 0. The normalized spacial score (nSPS) is 22.2. The molecular weight excluding hydrogens is 200 g/mol. The van der Waals surface area contributed by atoms with E-state index in [9.17, 15) is 4.79 Å². The van der Waals surface area contributed by atoms with Crippen molar-refractivity contribution in [3.8, 4) is 0 Å². The summed E-state index contributed by atoms with van der Waals surface area (Å²) in [7, 11) is 0. The van der Waals surface area contributed by atoms with Crippen LogP contribution in [0.15, 0.2) is 0 Å². The van der Waals surface area contributed by atoms with E-state index >= 15 is 0 Å². The highest BCUT2D eigenvalue weighted by molar-refractivity contribution is 5.82. The van der Waals surface area contributed by atoms with Gasteiger partial charge in [0.2, 0.25) is 5.91 Å². The molecule has 0 aromatic carbocycles. The molecule has 0 bridgehead atoms. The molecule has 1 amide bonds. The molecule has 0 aliphatic carbocycles. The van der Waals surface area contributed by atoms with E-state index in [2.05, 4.69) is 11.8 Å². The number of rotatable bonds is 4. The minimum Gasteiger partial charge on any atom is -0.339 e. The SMILES string of the molecule is CCC(C)(C)C(=O)N1CCCCC1CCN. The maximum atomic E-state index is 12.4. The zero-order valence-corrected chi connectivity index (χ0v) is 11.0. The van der Waals surface area contributed by atoms with Gasteiger partial charge in [-0.05, 0) is 38.6 Å². The Balaban J connectivity index is 2.71. The molecule has 3 nitrogen and oxygen atoms in total. The lowest BCUT2D eigenvalue weighted by atomic mass is 9.86. The van der Waals surface area contributed by atoms with Gasteiger partial charge in [0.05, 0.1) is 0 Å². The van der Waals surface area contributed by atoms with Gasteiger partial charge in [-0.1, -0.05) is 20.8 Å². The molecule has 0 saturated carbocycles. The molecule has 0 aromatic rings. The molecule has 0 aromatic heterocycles. The number of nitrogens with zero attached hydrogens (tertiary/aromatic N) is 1. The smallest absolute Gasteiger partial charge is 0.228 e. The van der Waals surface area contributed by atoms with E-state index in [4.69, 9.17) is 5.73 Å². The minimum absolute atomic E-state index is 0.218. The Labute approximate surface area is 99.4 Å². The lowest BCUT2D eigenvalue weighted by Crippen LogP contribution is -2.49. The first-order valence-corrected chi connectivity index (χ1v) is 6.54. The molecule has 1 aliphatic heterocycles. The minimum atomic E-state index is -0.218. The van der Waals surface area contributed by atoms with Crippen molar-refractivity contribution in [2.45, 2.75) is 58.9 Å². The Hall–Kier alpha value is -0.570. The molecule has 0 spiro atoms. The third-order valence-electron chi connectivity index (χ3n) is 3.85. The van der Waals surface area contributed by atoms with Crippen molar-refractivity contribution >= 4 is 5.91 Å². The number of hydrogen-bond donors (Lipinski definition) is 1. The van der Waals surface area contributed by atoms with Crippen LogP contribution < -0.4 is 5.73 Å². The lowest BCUT2D eigenvalue weighted by Gasteiger charge is -2.40. The number of piperidine rings is 1. The lowest BCUT2D eigenvalue weighted by molar-refractivity contribution is -0.144. The molecule has 1 rings (SSSR count). The van der Waals surface area contributed by atoms with Gasteiger partial charge in [-0.25, -0.2) is 0 Å². The third-order valence-corrected chi connectivity index (χ3v) is 3.85. The van der Waals surface area contributed by atoms with Crippen LogP contribution in [0.5, 0.6) is 0 Å². The van der Waals surface area contributed by atoms with Crippen LogP contribution in [-0.2, 0) is 4.79 Å². The number of amides is 1. The summed E-state index contributed by atoms with van der Waals surface area (Å²) in [6, 6.07) is 0.386. The second-order valence-corrected chi connectivity index (χ2v) is 5.46. The van der Waals surface area contributed by atoms with Crippen LogP contribution in [0.1, 0.15) is 52.9 Å². The summed E-state index contributed by atoms with van der Waals surface area (Å²) in [5, 5.41) is 0. The largest absolute Gasteiger partial charge is 0.339 e. The first-order chi connectivity index (χ1) is 7.53. The van der Waals surface area contributed by atoms with E-state index in [0.717, 1.165) is 32.2 Å². The van der Waals surface area contributed by atoms with Gasteiger partial charge in [-0.2, -0.15) is 0 Å². The molecule has 1 aliphatic rings. The second-order valence-electron chi connectivity index (χ2n) is 5.46. The summed E-state index contributed by atoms with van der Waals surface area (Å²) in [5.74, 6) is 0.313. The fraction of sp³-hybridized carbons (Fsp3) is 0.923. The topological polar surface area (TPSA) is 46.3 Å². The molecule has 16 heavy (non-hydrogen) atoms. The summed E-state index contributed by atoms with van der Waals surface area (Å²) >= 11 is 0. The fourth-order valence-electron chi connectivity index (χ4n) is 2.30. The van der Waals surface area contributed by atoms with Gasteiger partial charge in [0.1, 0.15) is 0 Å². The van der Waals surface area contributed by atoms with Gasteiger partial charge >= 0.3 is 0 Å². The Kier molecular flexibility index (Phi) is 4.78. The van der Waals surface area contributed by atoms with Crippen molar-refractivity contribution in [3.05, 3.63) is 0 Å². The van der Waals surface area contributed by atoms with Crippen LogP contribution in [-0.4, -0.2) is 29.9 Å². The Morgan fingerprint density at radius 1 is 1.44 bits per heavy atom. The first-order valence-electron chi connectivity index (χ1n) is 6.54. The zero-order chi connectivity index (χ0) is 12.2. The van der Waals surface area contributed by atoms with Gasteiger partial charge in [0, 0.05) is 18.0 Å². The van der Waals surface area contributed by atoms with Crippen LogP contribution >= 0.6 is 0 Å². The molecule has 94 valence electrons. The summed E-state index contributed by atoms with van der Waals surface area (Å²) in [5.41, 5.74) is 5.41. The molecule has 1 saturated heterocycles. The maximum absolute atomic E-state index is 12.4. The van der Waals surface area contributed by atoms with E-state index in [-0.39, 0.29) is 5.41 Å². The van der Waals surface area contributed by atoms with Gasteiger partial charge in [0.15, 0.2) is 0 Å². The first kappa shape index (κ1) is 13.5. The predicted molar refractivity (Wildman–Crippen MR) is 67.1 cm³/mol. The van der Waals surface area contributed by atoms with Crippen molar-refractivity contribution in [3.63, 3.8) is 0 Å². The highest BCUT2D eigenvalue weighted by atomic mass is 16.2. The average Bonchev–Trinajstić information content (AvgIpc) is 2.29. The van der Waals surface area contributed by atoms with Crippen molar-refractivity contribution in [1.82, 2.24) is 4.90 Å². The number of hydrogen-bond acceptors (Lipinski definition) is 2. The van der Waals surface area contributed by atoms with E-state index in [1.807, 2.05) is 13.8 Å². The summed E-state index contributed by atoms with van der Waals surface area (Å²) in [6.07, 6.45) is 5.36. The monoisotopic (exact) mass is 226 g/mol. The van der Waals surface area contributed by atoms with Crippen LogP contribution in [0, 0.1) is 5.41 Å². The summed E-state index contributed by atoms with van der Waals surface area (Å²) in [6.45, 7) is 7.78. The zero-order valence-electron chi connectivity index (χ0n) is 11.0. The predicted octanol–water partition coefficient (Wildman–Crippen LogP) is 2.15. The molecule has 1 fully saturated rings. The van der Waals surface area contributed by atoms with Gasteiger partial charge in [-0.3, -0.25) is 4.79 Å². The Morgan fingerprint density at radius 3 is 2.69 bits per heavy atom.